The van der Waals surface area contributed by atoms with E-state index < -0.39 is 35.0 Å². The standard InChI is InChI=1S/C27H30O6S/c1-3-26(31-18-22-10-6-4-7-11-22)27(32-19-23-12-8-5-9-13-23)25(28)20-33-34(29,30)24-16-14-21(2)15-17-24/h3-17,25-28H,1,18-20H2,2H3/t25-,26+,27-/m1/s1. The maximum atomic E-state index is 12.6. The van der Waals surface area contributed by atoms with Gasteiger partial charge in [0.1, 0.15) is 18.3 Å². The first kappa shape index (κ1) is 25.8. The fourth-order valence-corrected chi connectivity index (χ4v) is 4.21. The number of hydrogen-bond acceptors (Lipinski definition) is 6. The number of aliphatic hydroxyl groups excluding tert-OH is 1. The molecule has 180 valence electrons. The van der Waals surface area contributed by atoms with Crippen molar-refractivity contribution in [2.75, 3.05) is 6.61 Å². The van der Waals surface area contributed by atoms with Gasteiger partial charge in [0.15, 0.2) is 0 Å². The largest absolute Gasteiger partial charge is 0.388 e. The zero-order valence-electron chi connectivity index (χ0n) is 19.1. The van der Waals surface area contributed by atoms with Gasteiger partial charge in [0.05, 0.1) is 24.7 Å². The molecule has 0 aliphatic rings. The van der Waals surface area contributed by atoms with Crippen LogP contribution < -0.4 is 0 Å². The van der Waals surface area contributed by atoms with E-state index in [1.54, 1.807) is 12.1 Å². The lowest BCUT2D eigenvalue weighted by atomic mass is 10.1. The van der Waals surface area contributed by atoms with E-state index in [0.717, 1.165) is 16.7 Å². The lowest BCUT2D eigenvalue weighted by Gasteiger charge is -2.29. The van der Waals surface area contributed by atoms with Gasteiger partial charge in [-0.1, -0.05) is 84.4 Å². The van der Waals surface area contributed by atoms with Crippen LogP contribution in [0.3, 0.4) is 0 Å². The molecule has 6 nitrogen and oxygen atoms in total. The molecule has 0 saturated carbocycles. The highest BCUT2D eigenvalue weighted by molar-refractivity contribution is 7.86. The van der Waals surface area contributed by atoms with E-state index in [-0.39, 0.29) is 18.1 Å². The number of ether oxygens (including phenoxy) is 2. The molecule has 3 aromatic rings. The Hall–Kier alpha value is -2.81. The van der Waals surface area contributed by atoms with Crippen molar-refractivity contribution in [1.29, 1.82) is 0 Å². The van der Waals surface area contributed by atoms with Gasteiger partial charge in [0, 0.05) is 0 Å². The Balaban J connectivity index is 1.71. The van der Waals surface area contributed by atoms with Crippen LogP contribution in [0.4, 0.5) is 0 Å². The molecule has 0 saturated heterocycles. The van der Waals surface area contributed by atoms with Gasteiger partial charge >= 0.3 is 0 Å². The summed E-state index contributed by atoms with van der Waals surface area (Å²) in [6.07, 6.45) is -1.36. The Morgan fingerprint density at radius 2 is 1.38 bits per heavy atom. The van der Waals surface area contributed by atoms with Gasteiger partial charge in [-0.2, -0.15) is 8.42 Å². The van der Waals surface area contributed by atoms with E-state index in [0.29, 0.717) is 0 Å². The second-order valence-electron chi connectivity index (χ2n) is 7.88. The highest BCUT2D eigenvalue weighted by atomic mass is 32.2. The molecule has 3 aromatic carbocycles. The van der Waals surface area contributed by atoms with Crippen LogP contribution in [0.2, 0.25) is 0 Å². The molecule has 0 unspecified atom stereocenters. The first-order valence-electron chi connectivity index (χ1n) is 11.0. The Kier molecular flexibility index (Phi) is 9.56. The second kappa shape index (κ2) is 12.6. The Bertz CT molecular complexity index is 1110. The molecule has 0 heterocycles. The molecular formula is C27H30O6S. The van der Waals surface area contributed by atoms with Crippen LogP contribution in [0, 0.1) is 6.92 Å². The van der Waals surface area contributed by atoms with Gasteiger partial charge in [0.2, 0.25) is 0 Å². The lowest BCUT2D eigenvalue weighted by molar-refractivity contribution is -0.123. The van der Waals surface area contributed by atoms with Gasteiger partial charge in [0.25, 0.3) is 10.1 Å². The molecule has 0 radical (unpaired) electrons. The van der Waals surface area contributed by atoms with Gasteiger partial charge in [-0.25, -0.2) is 0 Å². The zero-order chi connectivity index (χ0) is 24.4. The SMILES string of the molecule is C=C[C@H](OCc1ccccc1)[C@H](OCc1ccccc1)[C@H](O)COS(=O)(=O)c1ccc(C)cc1. The molecule has 0 fully saturated rings. The van der Waals surface area contributed by atoms with Crippen LogP contribution in [0.1, 0.15) is 16.7 Å². The molecule has 34 heavy (non-hydrogen) atoms. The van der Waals surface area contributed by atoms with Crippen molar-refractivity contribution >= 4 is 10.1 Å². The van der Waals surface area contributed by atoms with E-state index in [2.05, 4.69) is 6.58 Å². The van der Waals surface area contributed by atoms with Crippen LogP contribution in [0.5, 0.6) is 0 Å². The molecule has 1 N–H and O–H groups in total. The minimum absolute atomic E-state index is 0.0210. The number of hydrogen-bond donors (Lipinski definition) is 1. The molecule has 3 atom stereocenters. The summed E-state index contributed by atoms with van der Waals surface area (Å²) in [5, 5.41) is 10.9. The maximum absolute atomic E-state index is 12.6. The minimum atomic E-state index is -4.04. The smallest absolute Gasteiger partial charge is 0.297 e. The van der Waals surface area contributed by atoms with Gasteiger partial charge in [-0.3, -0.25) is 4.18 Å². The summed E-state index contributed by atoms with van der Waals surface area (Å²) in [5.74, 6) is 0. The summed E-state index contributed by atoms with van der Waals surface area (Å²) in [6.45, 7) is 5.67. The van der Waals surface area contributed by atoms with Crippen molar-refractivity contribution in [3.05, 3.63) is 114 Å². The number of rotatable bonds is 13. The van der Waals surface area contributed by atoms with E-state index in [1.165, 1.54) is 18.2 Å². The fourth-order valence-electron chi connectivity index (χ4n) is 3.28. The maximum Gasteiger partial charge on any atom is 0.297 e. The van der Waals surface area contributed by atoms with Crippen LogP contribution in [0.15, 0.2) is 102 Å². The quantitative estimate of drug-likeness (QED) is 0.287. The molecule has 7 heteroatoms. The van der Waals surface area contributed by atoms with Crippen LogP contribution in [-0.2, 0) is 37.0 Å². The molecule has 0 bridgehead atoms. The van der Waals surface area contributed by atoms with Gasteiger partial charge in [-0.05, 0) is 30.2 Å². The number of aryl methyl sites for hydroxylation is 1. The van der Waals surface area contributed by atoms with Crippen LogP contribution in [-0.4, -0.2) is 38.4 Å². The number of aliphatic hydroxyl groups is 1. The summed E-state index contributed by atoms with van der Waals surface area (Å²) >= 11 is 0. The lowest BCUT2D eigenvalue weighted by Crippen LogP contribution is -2.43. The van der Waals surface area contributed by atoms with Crippen molar-refractivity contribution in [2.45, 2.75) is 43.3 Å². The third kappa shape index (κ3) is 7.62. The average molecular weight is 483 g/mol. The second-order valence-corrected chi connectivity index (χ2v) is 9.49. The highest BCUT2D eigenvalue weighted by Gasteiger charge is 2.30. The molecule has 0 aliphatic heterocycles. The minimum Gasteiger partial charge on any atom is -0.388 e. The first-order chi connectivity index (χ1) is 16.4. The molecule has 0 aliphatic carbocycles. The van der Waals surface area contributed by atoms with Gasteiger partial charge < -0.3 is 14.6 Å². The van der Waals surface area contributed by atoms with E-state index >= 15 is 0 Å². The summed E-state index contributed by atoms with van der Waals surface area (Å²) < 4.78 is 42.3. The van der Waals surface area contributed by atoms with E-state index in [9.17, 15) is 13.5 Å². The summed E-state index contributed by atoms with van der Waals surface area (Å²) in [7, 11) is -4.04. The summed E-state index contributed by atoms with van der Waals surface area (Å²) in [5.41, 5.74) is 2.78. The Morgan fingerprint density at radius 1 is 0.853 bits per heavy atom. The molecule has 3 rings (SSSR count). The molecular weight excluding hydrogens is 452 g/mol. The third-order valence-electron chi connectivity index (χ3n) is 5.21. The van der Waals surface area contributed by atoms with Gasteiger partial charge in [-0.15, -0.1) is 6.58 Å². The topological polar surface area (TPSA) is 82.1 Å². The third-order valence-corrected chi connectivity index (χ3v) is 6.51. The van der Waals surface area contributed by atoms with Crippen molar-refractivity contribution < 1.29 is 27.2 Å². The highest BCUT2D eigenvalue weighted by Crippen LogP contribution is 2.19. The first-order valence-corrected chi connectivity index (χ1v) is 12.4. The molecule has 0 spiro atoms. The fraction of sp³-hybridized carbons (Fsp3) is 0.259. The predicted octanol–water partition coefficient (Wildman–Crippen LogP) is 4.42. The monoisotopic (exact) mass is 482 g/mol. The van der Waals surface area contributed by atoms with E-state index in [1.807, 2.05) is 67.6 Å². The summed E-state index contributed by atoms with van der Waals surface area (Å²) in [6, 6.07) is 25.3. The van der Waals surface area contributed by atoms with Crippen molar-refractivity contribution in [3.63, 3.8) is 0 Å². The summed E-state index contributed by atoms with van der Waals surface area (Å²) in [4.78, 5) is 0.0210. The average Bonchev–Trinajstić information content (AvgIpc) is 2.86. The van der Waals surface area contributed by atoms with Crippen molar-refractivity contribution in [1.82, 2.24) is 0 Å². The van der Waals surface area contributed by atoms with Crippen molar-refractivity contribution in [3.8, 4) is 0 Å². The molecule has 0 aromatic heterocycles. The van der Waals surface area contributed by atoms with E-state index in [4.69, 9.17) is 13.7 Å². The number of benzene rings is 3. The van der Waals surface area contributed by atoms with Crippen LogP contribution in [0.25, 0.3) is 0 Å². The normalized spacial score (nSPS) is 14.3. The zero-order valence-corrected chi connectivity index (χ0v) is 19.9. The Morgan fingerprint density at radius 3 is 1.91 bits per heavy atom. The van der Waals surface area contributed by atoms with Crippen LogP contribution >= 0.6 is 0 Å². The Labute approximate surface area is 201 Å². The predicted molar refractivity (Wildman–Crippen MR) is 131 cm³/mol. The van der Waals surface area contributed by atoms with Crippen molar-refractivity contribution in [2.24, 2.45) is 0 Å². The molecule has 0 amide bonds.